The number of unbranched alkanes of at least 4 members (excludes halogenated alkanes) is 31. The van der Waals surface area contributed by atoms with Crippen molar-refractivity contribution in [3.8, 4) is 0 Å². The molecule has 0 saturated heterocycles. The highest BCUT2D eigenvalue weighted by Gasteiger charge is 2.28. The van der Waals surface area contributed by atoms with Crippen LogP contribution in [0.15, 0.2) is 24.3 Å². The van der Waals surface area contributed by atoms with Crippen molar-refractivity contribution in [2.45, 2.75) is 264 Å². The number of carboxylic acid groups (broad SMARTS) is 1. The Labute approximate surface area is 385 Å². The van der Waals surface area contributed by atoms with Crippen molar-refractivity contribution in [1.82, 2.24) is 0 Å². The number of rotatable bonds is 49. The van der Waals surface area contributed by atoms with Crippen LogP contribution < -0.4 is 5.73 Å². The molecule has 370 valence electrons. The molecule has 0 aromatic carbocycles. The van der Waals surface area contributed by atoms with Crippen LogP contribution in [0.5, 0.6) is 0 Å². The lowest BCUT2D eigenvalue weighted by atomic mass is 10.0. The molecule has 3 unspecified atom stereocenters. The van der Waals surface area contributed by atoms with Gasteiger partial charge in [-0.3, -0.25) is 23.4 Å². The van der Waals surface area contributed by atoms with Crippen molar-refractivity contribution in [1.29, 1.82) is 0 Å². The van der Waals surface area contributed by atoms with E-state index in [-0.39, 0.29) is 19.4 Å². The Morgan fingerprint density at radius 3 is 1.24 bits per heavy atom. The molecule has 0 bridgehead atoms. The van der Waals surface area contributed by atoms with E-state index in [4.69, 9.17) is 24.8 Å². The molecule has 0 saturated carbocycles. The normalized spacial score (nSPS) is 13.7. The lowest BCUT2D eigenvalue weighted by Crippen LogP contribution is -2.34. The maximum atomic E-state index is 12.7. The second kappa shape index (κ2) is 46.5. The highest BCUT2D eigenvalue weighted by molar-refractivity contribution is 7.47. The van der Waals surface area contributed by atoms with Crippen LogP contribution in [0.3, 0.4) is 0 Å². The Balaban J connectivity index is 4.23. The molecule has 4 N–H and O–H groups in total. The van der Waals surface area contributed by atoms with Crippen LogP contribution in [0.1, 0.15) is 251 Å². The lowest BCUT2D eigenvalue weighted by molar-refractivity contribution is -0.161. The molecule has 0 aliphatic heterocycles. The van der Waals surface area contributed by atoms with Crippen LogP contribution >= 0.6 is 7.82 Å². The summed E-state index contributed by atoms with van der Waals surface area (Å²) in [4.78, 5) is 46.2. The number of carboxylic acids is 1. The third kappa shape index (κ3) is 46.3. The van der Waals surface area contributed by atoms with E-state index in [2.05, 4.69) is 42.7 Å². The second-order valence-electron chi connectivity index (χ2n) is 17.7. The van der Waals surface area contributed by atoms with Crippen LogP contribution in [0, 0.1) is 0 Å². The van der Waals surface area contributed by atoms with Crippen LogP contribution in [-0.2, 0) is 37.5 Å². The van der Waals surface area contributed by atoms with Crippen molar-refractivity contribution in [2.75, 3.05) is 19.8 Å². The fourth-order valence-electron chi connectivity index (χ4n) is 7.39. The van der Waals surface area contributed by atoms with Crippen molar-refractivity contribution in [3.63, 3.8) is 0 Å². The van der Waals surface area contributed by atoms with Crippen molar-refractivity contribution >= 4 is 25.7 Å². The minimum absolute atomic E-state index is 0.160. The van der Waals surface area contributed by atoms with Crippen LogP contribution in [0.25, 0.3) is 0 Å². The highest BCUT2D eigenvalue weighted by atomic mass is 31.2. The molecule has 0 amide bonds. The molecule has 3 atom stereocenters. The zero-order valence-electron chi connectivity index (χ0n) is 40.4. The molecule has 0 heterocycles. The number of ether oxygens (including phenoxy) is 2. The first kappa shape index (κ1) is 61.0. The fraction of sp³-hybridized carbons (Fsp3) is 0.863. The van der Waals surface area contributed by atoms with Crippen molar-refractivity contribution in [2.24, 2.45) is 5.73 Å². The van der Waals surface area contributed by atoms with Gasteiger partial charge in [-0.2, -0.15) is 0 Å². The Kier molecular flexibility index (Phi) is 45.0. The predicted octanol–water partition coefficient (Wildman–Crippen LogP) is 14.6. The molecule has 0 aromatic heterocycles. The van der Waals surface area contributed by atoms with E-state index < -0.39 is 51.1 Å². The number of phosphoric acid groups is 1. The lowest BCUT2D eigenvalue weighted by Gasteiger charge is -2.20. The molecule has 63 heavy (non-hydrogen) atoms. The number of hydrogen-bond acceptors (Lipinski definition) is 9. The predicted molar refractivity (Wildman–Crippen MR) is 259 cm³/mol. The van der Waals surface area contributed by atoms with Gasteiger partial charge in [-0.05, 0) is 44.9 Å². The third-order valence-corrected chi connectivity index (χ3v) is 12.4. The Morgan fingerprint density at radius 2 is 0.841 bits per heavy atom. The Morgan fingerprint density at radius 1 is 0.492 bits per heavy atom. The number of esters is 2. The van der Waals surface area contributed by atoms with E-state index in [1.165, 1.54) is 161 Å². The van der Waals surface area contributed by atoms with Crippen LogP contribution in [0.4, 0.5) is 0 Å². The maximum absolute atomic E-state index is 12.7. The molecule has 0 radical (unpaired) electrons. The quantitative estimate of drug-likeness (QED) is 0.0230. The van der Waals surface area contributed by atoms with Gasteiger partial charge in [0.2, 0.25) is 0 Å². The minimum Gasteiger partial charge on any atom is -0.480 e. The second-order valence-corrected chi connectivity index (χ2v) is 19.1. The average molecular weight is 914 g/mol. The summed E-state index contributed by atoms with van der Waals surface area (Å²) in [5.74, 6) is -2.37. The number of aliphatic carboxylic acids is 1. The standard InChI is InChI=1S/C51H96NO10P/c1-3-5-7-9-11-13-15-17-19-21-23-24-25-27-29-31-33-35-37-39-41-43-50(54)62-47(45-60-63(57,58)61-46-48(52)51(55)56)44-59-49(53)42-40-38-36-34-32-30-28-26-22-20-18-16-14-12-10-8-6-4-2/h15,17,21,23,47-48H,3-14,16,18-20,22,24-46,52H2,1-2H3,(H,55,56)(H,57,58)/b17-15-,23-21-. The molecular weight excluding hydrogens is 818 g/mol. The van der Waals surface area contributed by atoms with E-state index in [1.54, 1.807) is 0 Å². The maximum Gasteiger partial charge on any atom is 0.472 e. The van der Waals surface area contributed by atoms with Gasteiger partial charge in [-0.25, -0.2) is 4.57 Å². The molecular formula is C51H96NO10P. The monoisotopic (exact) mass is 914 g/mol. The van der Waals surface area contributed by atoms with Gasteiger partial charge in [-0.15, -0.1) is 0 Å². The minimum atomic E-state index is -4.72. The average Bonchev–Trinajstić information content (AvgIpc) is 3.26. The first-order valence-corrected chi connectivity index (χ1v) is 27.4. The summed E-state index contributed by atoms with van der Waals surface area (Å²) in [5.41, 5.74) is 5.35. The van der Waals surface area contributed by atoms with E-state index >= 15 is 0 Å². The van der Waals surface area contributed by atoms with E-state index in [9.17, 15) is 23.8 Å². The number of nitrogens with two attached hydrogens (primary N) is 1. The van der Waals surface area contributed by atoms with Gasteiger partial charge in [0.15, 0.2) is 6.10 Å². The zero-order chi connectivity index (χ0) is 46.3. The molecule has 0 rings (SSSR count). The van der Waals surface area contributed by atoms with Gasteiger partial charge in [0.1, 0.15) is 12.6 Å². The molecule has 0 fully saturated rings. The van der Waals surface area contributed by atoms with Crippen molar-refractivity contribution < 1.29 is 47.5 Å². The van der Waals surface area contributed by atoms with Gasteiger partial charge in [0.25, 0.3) is 0 Å². The summed E-state index contributed by atoms with van der Waals surface area (Å²) < 4.78 is 32.9. The van der Waals surface area contributed by atoms with Crippen LogP contribution in [0.2, 0.25) is 0 Å². The summed E-state index contributed by atoms with van der Waals surface area (Å²) in [6.07, 6.45) is 50.9. The highest BCUT2D eigenvalue weighted by Crippen LogP contribution is 2.43. The summed E-state index contributed by atoms with van der Waals surface area (Å²) in [6, 6.07) is -1.52. The van der Waals surface area contributed by atoms with Crippen molar-refractivity contribution in [3.05, 3.63) is 24.3 Å². The molecule has 0 aliphatic carbocycles. The van der Waals surface area contributed by atoms with Gasteiger partial charge < -0.3 is 25.2 Å². The third-order valence-electron chi connectivity index (χ3n) is 11.5. The van der Waals surface area contributed by atoms with Gasteiger partial charge in [-0.1, -0.05) is 218 Å². The van der Waals surface area contributed by atoms with Gasteiger partial charge in [0, 0.05) is 12.8 Å². The fourth-order valence-corrected chi connectivity index (χ4v) is 8.17. The number of carbonyl (C=O) groups is 3. The molecule has 11 nitrogen and oxygen atoms in total. The number of allylic oxidation sites excluding steroid dienone is 4. The largest absolute Gasteiger partial charge is 0.480 e. The first-order chi connectivity index (χ1) is 30.6. The summed E-state index contributed by atoms with van der Waals surface area (Å²) in [6.45, 7) is 2.84. The Hall–Kier alpha value is -2.04. The van der Waals surface area contributed by atoms with E-state index in [0.29, 0.717) is 12.8 Å². The van der Waals surface area contributed by atoms with E-state index in [1.807, 2.05) is 0 Å². The van der Waals surface area contributed by atoms with E-state index in [0.717, 1.165) is 51.4 Å². The molecule has 0 aliphatic rings. The number of carbonyl (C=O) groups excluding carboxylic acids is 2. The number of phosphoric ester groups is 1. The van der Waals surface area contributed by atoms with Gasteiger partial charge >= 0.3 is 25.7 Å². The first-order valence-electron chi connectivity index (χ1n) is 25.9. The topological polar surface area (TPSA) is 172 Å². The summed E-state index contributed by atoms with van der Waals surface area (Å²) >= 11 is 0. The zero-order valence-corrected chi connectivity index (χ0v) is 41.3. The summed E-state index contributed by atoms with van der Waals surface area (Å²) in [7, 11) is -4.72. The van der Waals surface area contributed by atoms with Crippen LogP contribution in [-0.4, -0.2) is 59.9 Å². The number of hydrogen-bond donors (Lipinski definition) is 3. The van der Waals surface area contributed by atoms with Gasteiger partial charge in [0.05, 0.1) is 13.2 Å². The molecule has 12 heteroatoms. The Bertz CT molecular complexity index is 1160. The molecule has 0 aromatic rings. The molecule has 0 spiro atoms. The smallest absolute Gasteiger partial charge is 0.472 e. The SMILES string of the molecule is CCCCCCC/C=C\C/C=C\CCCCCCCCCCCC(=O)OC(COC(=O)CCCCCCCCCCCCCCCCCCCC)COP(=O)(O)OCC(N)C(=O)O. The summed E-state index contributed by atoms with van der Waals surface area (Å²) in [5, 5.41) is 8.92.